The summed E-state index contributed by atoms with van der Waals surface area (Å²) in [6, 6.07) is 119. The Balaban J connectivity index is 0.000000109. The summed E-state index contributed by atoms with van der Waals surface area (Å²) in [5.41, 5.74) is 27.9. The van der Waals surface area contributed by atoms with E-state index >= 15 is 0 Å². The van der Waals surface area contributed by atoms with Crippen LogP contribution >= 0.6 is 0 Å². The van der Waals surface area contributed by atoms with E-state index in [2.05, 4.69) is 206 Å². The molecule has 0 N–H and O–H groups in total. The minimum atomic E-state index is -0.146. The molecule has 0 bridgehead atoms. The molecule has 658 valence electrons. The fraction of sp³-hybridized carbons (Fsp3) is 0.0250. The third kappa shape index (κ3) is 15.0. The van der Waals surface area contributed by atoms with Gasteiger partial charge in [0.25, 0.3) is 0 Å². The van der Waals surface area contributed by atoms with Gasteiger partial charge in [-0.15, -0.1) is 0 Å². The van der Waals surface area contributed by atoms with Gasteiger partial charge in [0.05, 0.1) is 83.3 Å². The number of hydrogen-bond donors (Lipinski definition) is 0. The van der Waals surface area contributed by atoms with Crippen molar-refractivity contribution < 1.29 is 0 Å². The largest absolute Gasteiger partial charge is 0.256 e. The quantitative estimate of drug-likeness (QED) is 0.109. The number of aromatic nitrogens is 21. The third-order valence-electron chi connectivity index (χ3n) is 26.4. The van der Waals surface area contributed by atoms with E-state index in [1.165, 1.54) is 22.3 Å². The first-order valence-electron chi connectivity index (χ1n) is 46.3. The molecule has 11 aromatic carbocycles. The Hall–Kier alpha value is -19.4. The summed E-state index contributed by atoms with van der Waals surface area (Å²) in [5.74, 6) is 3.52. The van der Waals surface area contributed by atoms with Crippen LogP contribution in [0.5, 0.6) is 0 Å². The van der Waals surface area contributed by atoms with Crippen LogP contribution in [0.4, 0.5) is 0 Å². The summed E-state index contributed by atoms with van der Waals surface area (Å²) < 4.78 is 0. The number of nitrogens with zero attached hydrogens (tertiary/aromatic N) is 21. The van der Waals surface area contributed by atoms with E-state index in [1.807, 2.05) is 219 Å². The molecular weight excluding hydrogens is 1740 g/mol. The van der Waals surface area contributed by atoms with E-state index in [-0.39, 0.29) is 5.41 Å². The average molecular weight is 1810 g/mol. The number of hydrogen-bond acceptors (Lipinski definition) is 21. The lowest BCUT2D eigenvalue weighted by molar-refractivity contribution is 0.660. The fourth-order valence-corrected chi connectivity index (χ4v) is 19.3. The van der Waals surface area contributed by atoms with E-state index in [0.717, 1.165) is 192 Å². The second kappa shape index (κ2) is 34.2. The summed E-state index contributed by atoms with van der Waals surface area (Å²) in [6.45, 7) is 4.60. The van der Waals surface area contributed by atoms with Crippen LogP contribution < -0.4 is 0 Å². The first kappa shape index (κ1) is 82.3. The smallest absolute Gasteiger partial charge is 0.182 e. The maximum absolute atomic E-state index is 5.29. The van der Waals surface area contributed by atoms with Crippen LogP contribution in [0.15, 0.2) is 408 Å². The van der Waals surface area contributed by atoms with Gasteiger partial charge in [-0.05, 0) is 130 Å². The number of pyridine rings is 13. The van der Waals surface area contributed by atoms with Gasteiger partial charge in [0.15, 0.2) is 40.8 Å². The van der Waals surface area contributed by atoms with Gasteiger partial charge in [-0.3, -0.25) is 44.9 Å². The molecule has 21 heteroatoms. The highest BCUT2D eigenvalue weighted by Gasteiger charge is 2.36. The van der Waals surface area contributed by atoms with Gasteiger partial charge >= 0.3 is 0 Å². The molecule has 1 aliphatic carbocycles. The van der Waals surface area contributed by atoms with Crippen LogP contribution in [-0.4, -0.2) is 105 Å². The zero-order chi connectivity index (χ0) is 93.6. The van der Waals surface area contributed by atoms with Crippen molar-refractivity contribution >= 4 is 131 Å². The lowest BCUT2D eigenvalue weighted by Crippen LogP contribution is -2.15. The summed E-state index contributed by atoms with van der Waals surface area (Å²) in [5, 5.41) is 12.1. The molecule has 0 radical (unpaired) electrons. The number of benzene rings is 11. The van der Waals surface area contributed by atoms with Gasteiger partial charge in [-0.1, -0.05) is 269 Å². The molecule has 28 rings (SSSR count). The molecule has 0 saturated carbocycles. The molecule has 16 aromatic heterocycles. The Kier molecular flexibility index (Phi) is 20.0. The van der Waals surface area contributed by atoms with Crippen LogP contribution in [-0.2, 0) is 5.41 Å². The third-order valence-corrected chi connectivity index (χ3v) is 26.4. The Morgan fingerprint density at radius 1 is 0.149 bits per heavy atom. The molecule has 0 unspecified atom stereocenters. The zero-order valence-electron chi connectivity index (χ0n) is 75.6. The lowest BCUT2D eigenvalue weighted by atomic mass is 9.82. The first-order chi connectivity index (χ1) is 69.6. The van der Waals surface area contributed by atoms with Crippen molar-refractivity contribution in [2.24, 2.45) is 0 Å². The van der Waals surface area contributed by atoms with E-state index in [1.54, 1.807) is 31.0 Å². The maximum atomic E-state index is 5.29. The summed E-state index contributed by atoms with van der Waals surface area (Å²) in [6.07, 6.45) is 16.3. The Morgan fingerprint density at radius 3 is 0.858 bits per heavy atom. The van der Waals surface area contributed by atoms with Crippen LogP contribution in [0.2, 0.25) is 0 Å². The first-order valence-corrected chi connectivity index (χ1v) is 46.3. The van der Waals surface area contributed by atoms with E-state index in [9.17, 15) is 0 Å². The Morgan fingerprint density at radius 2 is 0.454 bits per heavy atom. The summed E-state index contributed by atoms with van der Waals surface area (Å²) in [7, 11) is 0. The Bertz CT molecular complexity index is 8990. The van der Waals surface area contributed by atoms with Crippen molar-refractivity contribution in [2.75, 3.05) is 0 Å². The van der Waals surface area contributed by atoms with Crippen LogP contribution in [0.3, 0.4) is 0 Å². The van der Waals surface area contributed by atoms with E-state index in [0.29, 0.717) is 63.5 Å². The zero-order valence-corrected chi connectivity index (χ0v) is 75.6. The second-order valence-corrected chi connectivity index (χ2v) is 35.2. The van der Waals surface area contributed by atoms with E-state index < -0.39 is 0 Å². The van der Waals surface area contributed by atoms with Gasteiger partial charge in [0.2, 0.25) is 0 Å². The maximum Gasteiger partial charge on any atom is 0.182 e. The molecule has 16 heterocycles. The molecule has 141 heavy (non-hydrogen) atoms. The Labute approximate surface area is 804 Å². The van der Waals surface area contributed by atoms with Gasteiger partial charge in [0.1, 0.15) is 22.8 Å². The van der Waals surface area contributed by atoms with Gasteiger partial charge in [0, 0.05) is 159 Å². The van der Waals surface area contributed by atoms with Crippen molar-refractivity contribution in [1.82, 2.24) is 105 Å². The van der Waals surface area contributed by atoms with Gasteiger partial charge in [-0.2, -0.15) is 0 Å². The van der Waals surface area contributed by atoms with Crippen molar-refractivity contribution in [3.8, 4) is 136 Å². The standard InChI is InChI=1S/C43H28N6.C39H23N7.C38H22N8/c1-43(2)34-10-4-3-9-28(34)29-14-13-27(23-35(29)43)42-48-36(30-17-21-46-40-32(30)15-11-25-7-5-19-44-38(25)40)24-37(49-42)31-18-22-47-41-33(31)16-12-26-8-6-20-45-39(26)41;1-2-6-24(7-3-1)25-10-16-30(17-11-25)37-44-38(31-20-18-28-14-12-26-8-4-22-40-33(26)35(28)42-31)46-39(45-37)32-21-19-29-15-13-27-9-5-23-41-34(27)36(29)43-32;1-2-20-39-29(7-1)23-8-14-28(15-9-23)36-44-37(30-18-16-26-12-10-24-5-3-21-40-32(24)34(26)42-30)46-38(45-36)31-19-17-27-13-11-25-6-4-22-41-33(25)35(27)43-31/h3-24H,1-2H3;1-23H;1-22H. The normalized spacial score (nSPS) is 12.1. The molecule has 0 aliphatic heterocycles. The van der Waals surface area contributed by atoms with Gasteiger partial charge in [-0.25, -0.2) is 59.8 Å². The highest BCUT2D eigenvalue weighted by Crippen LogP contribution is 2.50. The number of fused-ring (bicyclic) bond motifs is 21. The molecule has 27 aromatic rings. The molecular formula is C120H73N21. The van der Waals surface area contributed by atoms with Crippen LogP contribution in [0, 0.1) is 0 Å². The molecule has 0 spiro atoms. The minimum absolute atomic E-state index is 0.146. The monoisotopic (exact) mass is 1810 g/mol. The summed E-state index contributed by atoms with van der Waals surface area (Å²) in [4.78, 5) is 102. The predicted molar refractivity (Wildman–Crippen MR) is 560 cm³/mol. The van der Waals surface area contributed by atoms with E-state index in [4.69, 9.17) is 69.8 Å². The number of rotatable bonds is 11. The van der Waals surface area contributed by atoms with Gasteiger partial charge < -0.3 is 0 Å². The van der Waals surface area contributed by atoms with Crippen molar-refractivity contribution in [1.29, 1.82) is 0 Å². The van der Waals surface area contributed by atoms with Crippen molar-refractivity contribution in [3.05, 3.63) is 419 Å². The average Bonchev–Trinajstić information content (AvgIpc) is 1.59. The SMILES string of the molecule is CC1(C)c2ccccc2-c2ccc(-c3nc(-c4ccnc5c4ccc4cccnc45)cc(-c4ccnc5c4ccc4cccnc45)n3)cc21.c1ccc(-c2ccc(-c3nc(-c4ccc5ccc6cccnc6c5n4)nc(-c4ccc5ccc6cccnc6c5n4)n3)cc2)cc1.c1ccc(-c2ccc(-c3nc(-c4ccc5ccc6cccnc6c5n4)nc(-c4ccc5ccc6cccnc6c5n4)n3)cc2)nc1. The minimum Gasteiger partial charge on any atom is -0.256 e. The second-order valence-electron chi connectivity index (χ2n) is 35.2. The molecule has 1 aliphatic rings. The predicted octanol–water partition coefficient (Wildman–Crippen LogP) is 26.8. The molecule has 0 amide bonds. The topological polar surface area (TPSA) is 271 Å². The van der Waals surface area contributed by atoms with Crippen molar-refractivity contribution in [3.63, 3.8) is 0 Å². The molecule has 0 fully saturated rings. The highest BCUT2D eigenvalue weighted by atomic mass is 15.1. The van der Waals surface area contributed by atoms with Crippen LogP contribution in [0.1, 0.15) is 25.0 Å². The van der Waals surface area contributed by atoms with Crippen LogP contribution in [0.25, 0.3) is 267 Å². The lowest BCUT2D eigenvalue weighted by Gasteiger charge is -2.22. The fourth-order valence-electron chi connectivity index (χ4n) is 19.3. The molecule has 0 atom stereocenters. The van der Waals surface area contributed by atoms with Crippen molar-refractivity contribution in [2.45, 2.75) is 19.3 Å². The highest BCUT2D eigenvalue weighted by molar-refractivity contribution is 6.12. The molecule has 21 nitrogen and oxygen atoms in total. The summed E-state index contributed by atoms with van der Waals surface area (Å²) >= 11 is 0. The molecule has 0 saturated heterocycles.